The van der Waals surface area contributed by atoms with E-state index >= 15 is 0 Å². The molecule has 1 aliphatic rings. The van der Waals surface area contributed by atoms with Gasteiger partial charge in [0.1, 0.15) is 0 Å². The lowest BCUT2D eigenvalue weighted by Gasteiger charge is -2.12. The average Bonchev–Trinajstić information content (AvgIpc) is 2.50. The summed E-state index contributed by atoms with van der Waals surface area (Å²) in [5, 5.41) is 0.784. The van der Waals surface area contributed by atoms with Crippen LogP contribution in [0.15, 0.2) is 41.3 Å². The lowest BCUT2D eigenvalue weighted by Crippen LogP contribution is -1.99. The summed E-state index contributed by atoms with van der Waals surface area (Å²) in [6, 6.07) is 8.90. The Balaban J connectivity index is 1.95. The van der Waals surface area contributed by atoms with Crippen LogP contribution >= 0.6 is 11.8 Å². The smallest absolute Gasteiger partial charge is 0.0129 e. The average molecular weight is 218 g/mol. The van der Waals surface area contributed by atoms with Crippen molar-refractivity contribution in [1.29, 1.82) is 0 Å². The zero-order valence-electron chi connectivity index (χ0n) is 9.28. The predicted molar refractivity (Wildman–Crippen MR) is 68.4 cm³/mol. The van der Waals surface area contributed by atoms with Crippen LogP contribution in [0.1, 0.15) is 31.2 Å². The van der Waals surface area contributed by atoms with Gasteiger partial charge in [-0.3, -0.25) is 0 Å². The summed E-state index contributed by atoms with van der Waals surface area (Å²) in [5.41, 5.74) is 1.35. The van der Waals surface area contributed by atoms with E-state index in [2.05, 4.69) is 43.3 Å². The molecule has 0 saturated carbocycles. The Hall–Kier alpha value is -0.690. The molecule has 2 rings (SSSR count). The third kappa shape index (κ3) is 3.42. The predicted octanol–water partition coefficient (Wildman–Crippen LogP) is 4.59. The van der Waals surface area contributed by atoms with Gasteiger partial charge in [-0.1, -0.05) is 29.8 Å². The van der Waals surface area contributed by atoms with Gasteiger partial charge in [-0.15, -0.1) is 11.8 Å². The van der Waals surface area contributed by atoms with E-state index in [0.717, 1.165) is 5.25 Å². The minimum absolute atomic E-state index is 0.784. The molecule has 1 heteroatoms. The lowest BCUT2D eigenvalue weighted by molar-refractivity contribution is 0.733. The Bertz CT molecular complexity index is 324. The van der Waals surface area contributed by atoms with E-state index in [4.69, 9.17) is 0 Å². The molecule has 0 amide bonds. The van der Waals surface area contributed by atoms with Gasteiger partial charge in [-0.25, -0.2) is 0 Å². The van der Waals surface area contributed by atoms with Crippen molar-refractivity contribution < 1.29 is 0 Å². The normalized spacial score (nSPS) is 21.3. The van der Waals surface area contributed by atoms with Crippen LogP contribution in [-0.4, -0.2) is 5.25 Å². The number of allylic oxidation sites excluding steroid dienone is 2. The number of hydrogen-bond acceptors (Lipinski definition) is 1. The summed E-state index contributed by atoms with van der Waals surface area (Å²) in [6.45, 7) is 2.14. The van der Waals surface area contributed by atoms with Gasteiger partial charge in [-0.2, -0.15) is 0 Å². The Kier molecular flexibility index (Phi) is 3.90. The van der Waals surface area contributed by atoms with Crippen LogP contribution in [0.25, 0.3) is 0 Å². The van der Waals surface area contributed by atoms with E-state index in [0.29, 0.717) is 0 Å². The Morgan fingerprint density at radius 2 is 1.93 bits per heavy atom. The zero-order chi connectivity index (χ0) is 10.5. The van der Waals surface area contributed by atoms with Crippen molar-refractivity contribution in [3.05, 3.63) is 42.0 Å². The van der Waals surface area contributed by atoms with E-state index in [1.807, 2.05) is 11.8 Å². The van der Waals surface area contributed by atoms with E-state index < -0.39 is 0 Å². The van der Waals surface area contributed by atoms with Gasteiger partial charge >= 0.3 is 0 Å². The highest BCUT2D eigenvalue weighted by atomic mass is 32.2. The van der Waals surface area contributed by atoms with Gasteiger partial charge in [0.05, 0.1) is 0 Å². The van der Waals surface area contributed by atoms with Crippen LogP contribution in [0.5, 0.6) is 0 Å². The molecule has 1 aliphatic carbocycles. The van der Waals surface area contributed by atoms with Crippen molar-refractivity contribution >= 4 is 11.8 Å². The number of benzene rings is 1. The molecule has 0 aromatic heterocycles. The molecule has 0 saturated heterocycles. The molecule has 1 aromatic carbocycles. The van der Waals surface area contributed by atoms with Gasteiger partial charge in [0, 0.05) is 10.1 Å². The molecule has 0 bridgehead atoms. The van der Waals surface area contributed by atoms with Crippen LogP contribution in [0.4, 0.5) is 0 Å². The molecule has 80 valence electrons. The summed E-state index contributed by atoms with van der Waals surface area (Å²) >= 11 is 2.04. The molecular formula is C14H18S. The SMILES string of the molecule is Cc1ccc(SC2CC=CCCC2)cc1. The lowest BCUT2D eigenvalue weighted by atomic mass is 10.2. The van der Waals surface area contributed by atoms with E-state index in [-0.39, 0.29) is 0 Å². The second kappa shape index (κ2) is 5.41. The number of hydrogen-bond donors (Lipinski definition) is 0. The Labute approximate surface area is 96.8 Å². The van der Waals surface area contributed by atoms with E-state index in [1.54, 1.807) is 0 Å². The molecule has 1 unspecified atom stereocenters. The number of thioether (sulfide) groups is 1. The highest BCUT2D eigenvalue weighted by Gasteiger charge is 2.10. The quantitative estimate of drug-likeness (QED) is 0.654. The van der Waals surface area contributed by atoms with Gasteiger partial charge in [-0.05, 0) is 44.7 Å². The van der Waals surface area contributed by atoms with Crippen molar-refractivity contribution in [3.63, 3.8) is 0 Å². The molecule has 0 nitrogen and oxygen atoms in total. The fraction of sp³-hybridized carbons (Fsp3) is 0.429. The minimum Gasteiger partial charge on any atom is -0.122 e. The first kappa shape index (κ1) is 10.8. The number of aryl methyl sites for hydroxylation is 1. The third-order valence-electron chi connectivity index (χ3n) is 2.79. The zero-order valence-corrected chi connectivity index (χ0v) is 10.1. The standard InChI is InChI=1S/C14H18S/c1-12-8-10-14(11-9-12)15-13-6-4-2-3-5-7-13/h2,4,8-11,13H,3,5-7H2,1H3. The number of rotatable bonds is 2. The van der Waals surface area contributed by atoms with Crippen molar-refractivity contribution in [3.8, 4) is 0 Å². The molecule has 0 aliphatic heterocycles. The molecule has 1 atom stereocenters. The van der Waals surface area contributed by atoms with E-state index in [9.17, 15) is 0 Å². The minimum atomic E-state index is 0.784. The van der Waals surface area contributed by atoms with Gasteiger partial charge in [0.2, 0.25) is 0 Å². The van der Waals surface area contributed by atoms with Gasteiger partial charge in [0.15, 0.2) is 0 Å². The van der Waals surface area contributed by atoms with Crippen molar-refractivity contribution in [2.45, 2.75) is 42.8 Å². The molecular weight excluding hydrogens is 200 g/mol. The fourth-order valence-electron chi connectivity index (χ4n) is 1.86. The maximum atomic E-state index is 2.35. The Morgan fingerprint density at radius 1 is 1.13 bits per heavy atom. The highest BCUT2D eigenvalue weighted by molar-refractivity contribution is 8.00. The van der Waals surface area contributed by atoms with Crippen LogP contribution in [0.3, 0.4) is 0 Å². The molecule has 0 fully saturated rings. The van der Waals surface area contributed by atoms with Crippen LogP contribution in [-0.2, 0) is 0 Å². The van der Waals surface area contributed by atoms with Gasteiger partial charge < -0.3 is 0 Å². The summed E-state index contributed by atoms with van der Waals surface area (Å²) < 4.78 is 0. The maximum absolute atomic E-state index is 2.35. The fourth-order valence-corrected chi connectivity index (χ4v) is 3.03. The first-order chi connectivity index (χ1) is 7.34. The van der Waals surface area contributed by atoms with Gasteiger partial charge in [0.25, 0.3) is 0 Å². The third-order valence-corrected chi connectivity index (χ3v) is 4.09. The molecule has 0 N–H and O–H groups in total. The summed E-state index contributed by atoms with van der Waals surface area (Å²) in [5.74, 6) is 0. The largest absolute Gasteiger partial charge is 0.122 e. The topological polar surface area (TPSA) is 0 Å². The summed E-state index contributed by atoms with van der Waals surface area (Å²) in [6.07, 6.45) is 9.88. The van der Waals surface area contributed by atoms with Crippen molar-refractivity contribution in [2.24, 2.45) is 0 Å². The molecule has 1 aromatic rings. The first-order valence-corrected chi connectivity index (χ1v) is 6.61. The second-order valence-electron chi connectivity index (χ2n) is 4.19. The molecule has 0 spiro atoms. The molecule has 15 heavy (non-hydrogen) atoms. The van der Waals surface area contributed by atoms with Crippen molar-refractivity contribution in [2.75, 3.05) is 0 Å². The van der Waals surface area contributed by atoms with Crippen LogP contribution < -0.4 is 0 Å². The first-order valence-electron chi connectivity index (χ1n) is 5.73. The molecule has 0 radical (unpaired) electrons. The van der Waals surface area contributed by atoms with Crippen molar-refractivity contribution in [1.82, 2.24) is 0 Å². The second-order valence-corrected chi connectivity index (χ2v) is 5.56. The van der Waals surface area contributed by atoms with E-state index in [1.165, 1.54) is 36.1 Å². The molecule has 0 heterocycles. The van der Waals surface area contributed by atoms with Crippen LogP contribution in [0.2, 0.25) is 0 Å². The summed E-state index contributed by atoms with van der Waals surface area (Å²) in [4.78, 5) is 1.42. The summed E-state index contributed by atoms with van der Waals surface area (Å²) in [7, 11) is 0. The van der Waals surface area contributed by atoms with Crippen LogP contribution in [0, 0.1) is 6.92 Å². The Morgan fingerprint density at radius 3 is 2.73 bits per heavy atom. The highest BCUT2D eigenvalue weighted by Crippen LogP contribution is 2.30. The maximum Gasteiger partial charge on any atom is 0.0129 e. The monoisotopic (exact) mass is 218 g/mol.